The molecule has 142 valence electrons. The molecule has 1 fully saturated rings. The number of nitrogens with one attached hydrogen (secondary N) is 2. The van der Waals surface area contributed by atoms with Crippen LogP contribution in [0.5, 0.6) is 0 Å². The molecule has 0 heterocycles. The summed E-state index contributed by atoms with van der Waals surface area (Å²) < 4.78 is 5.24. The van der Waals surface area contributed by atoms with Gasteiger partial charge < -0.3 is 10.1 Å². The van der Waals surface area contributed by atoms with E-state index in [1.807, 2.05) is 26.0 Å². The van der Waals surface area contributed by atoms with Gasteiger partial charge in [-0.05, 0) is 43.9 Å². The van der Waals surface area contributed by atoms with Crippen molar-refractivity contribution in [2.45, 2.75) is 57.4 Å². The van der Waals surface area contributed by atoms with Crippen molar-refractivity contribution in [3.8, 4) is 0 Å². The van der Waals surface area contributed by atoms with E-state index in [9.17, 15) is 14.4 Å². The van der Waals surface area contributed by atoms with E-state index in [-0.39, 0.29) is 6.04 Å². The summed E-state index contributed by atoms with van der Waals surface area (Å²) in [5.74, 6) is -1.08. The van der Waals surface area contributed by atoms with E-state index in [2.05, 4.69) is 10.6 Å². The van der Waals surface area contributed by atoms with Crippen LogP contribution in [0.3, 0.4) is 0 Å². The van der Waals surface area contributed by atoms with E-state index in [1.54, 1.807) is 12.1 Å². The zero-order chi connectivity index (χ0) is 19.2. The highest BCUT2D eigenvalue weighted by atomic mass is 35.5. The smallest absolute Gasteiger partial charge is 0.321 e. The Morgan fingerprint density at radius 1 is 1.19 bits per heavy atom. The maximum Gasteiger partial charge on any atom is 0.321 e. The third-order valence-corrected chi connectivity index (χ3v) is 5.07. The van der Waals surface area contributed by atoms with Gasteiger partial charge in [0.2, 0.25) is 0 Å². The molecule has 2 N–H and O–H groups in total. The summed E-state index contributed by atoms with van der Waals surface area (Å²) in [4.78, 5) is 36.2. The van der Waals surface area contributed by atoms with Gasteiger partial charge in [-0.1, -0.05) is 43.5 Å². The standard InChI is InChI=1S/C19H25ClN2O4/c1-3-13(2)21-18(25)22-16(23)12-26-17(24)19(10-4-5-11-19)14-6-8-15(20)9-7-14/h6-9,13H,3-5,10-12H2,1-2H3,(H2,21,22,23,25)/t13-/m1/s1. The Labute approximate surface area is 158 Å². The van der Waals surface area contributed by atoms with Gasteiger partial charge in [0, 0.05) is 11.1 Å². The summed E-state index contributed by atoms with van der Waals surface area (Å²) in [5, 5.41) is 5.38. The number of imide groups is 1. The molecule has 2 rings (SSSR count). The van der Waals surface area contributed by atoms with Crippen LogP contribution in [0.15, 0.2) is 24.3 Å². The fourth-order valence-electron chi connectivity index (χ4n) is 3.15. The van der Waals surface area contributed by atoms with E-state index >= 15 is 0 Å². The SMILES string of the molecule is CC[C@@H](C)NC(=O)NC(=O)COC(=O)C1(c2ccc(Cl)cc2)CCCC1. The van der Waals surface area contributed by atoms with Crippen LogP contribution in [0, 0.1) is 0 Å². The van der Waals surface area contributed by atoms with Crippen molar-refractivity contribution in [2.75, 3.05) is 6.61 Å². The molecule has 26 heavy (non-hydrogen) atoms. The van der Waals surface area contributed by atoms with Crippen molar-refractivity contribution in [1.29, 1.82) is 0 Å². The molecule has 0 radical (unpaired) electrons. The maximum absolute atomic E-state index is 12.7. The van der Waals surface area contributed by atoms with Gasteiger partial charge in [-0.15, -0.1) is 0 Å². The third kappa shape index (κ3) is 4.97. The normalized spacial score (nSPS) is 16.6. The highest BCUT2D eigenvalue weighted by molar-refractivity contribution is 6.30. The predicted octanol–water partition coefficient (Wildman–Crippen LogP) is 3.32. The van der Waals surface area contributed by atoms with Crippen LogP contribution >= 0.6 is 11.6 Å². The molecule has 3 amide bonds. The average Bonchev–Trinajstić information content (AvgIpc) is 3.11. The zero-order valence-electron chi connectivity index (χ0n) is 15.1. The fraction of sp³-hybridized carbons (Fsp3) is 0.526. The quantitative estimate of drug-likeness (QED) is 0.741. The second-order valence-electron chi connectivity index (χ2n) is 6.70. The number of hydrogen-bond donors (Lipinski definition) is 2. The second-order valence-corrected chi connectivity index (χ2v) is 7.14. The number of benzene rings is 1. The van der Waals surface area contributed by atoms with Gasteiger partial charge in [0.1, 0.15) is 0 Å². The molecule has 1 atom stereocenters. The summed E-state index contributed by atoms with van der Waals surface area (Å²) >= 11 is 5.93. The lowest BCUT2D eigenvalue weighted by atomic mass is 9.79. The van der Waals surface area contributed by atoms with E-state index < -0.39 is 29.9 Å². The first kappa shape index (κ1) is 20.2. The number of hydrogen-bond acceptors (Lipinski definition) is 4. The summed E-state index contributed by atoms with van der Waals surface area (Å²) in [5.41, 5.74) is 0.100. The topological polar surface area (TPSA) is 84.5 Å². The first-order valence-corrected chi connectivity index (χ1v) is 9.29. The van der Waals surface area contributed by atoms with Gasteiger partial charge in [0.15, 0.2) is 6.61 Å². The Balaban J connectivity index is 1.95. The van der Waals surface area contributed by atoms with E-state index in [1.165, 1.54) is 0 Å². The van der Waals surface area contributed by atoms with Crippen molar-refractivity contribution in [1.82, 2.24) is 10.6 Å². The molecule has 1 aliphatic carbocycles. The fourth-order valence-corrected chi connectivity index (χ4v) is 3.28. The van der Waals surface area contributed by atoms with Gasteiger partial charge >= 0.3 is 12.0 Å². The van der Waals surface area contributed by atoms with Crippen LogP contribution in [0.25, 0.3) is 0 Å². The third-order valence-electron chi connectivity index (χ3n) is 4.82. The summed E-state index contributed by atoms with van der Waals surface area (Å²) in [6.45, 7) is 3.27. The van der Waals surface area contributed by atoms with Gasteiger partial charge in [0.05, 0.1) is 5.41 Å². The van der Waals surface area contributed by atoms with Crippen LogP contribution in [-0.4, -0.2) is 30.6 Å². The summed E-state index contributed by atoms with van der Waals surface area (Å²) in [6.07, 6.45) is 3.93. The van der Waals surface area contributed by atoms with Crippen LogP contribution in [0.2, 0.25) is 5.02 Å². The van der Waals surface area contributed by atoms with E-state index in [4.69, 9.17) is 16.3 Å². The first-order valence-electron chi connectivity index (χ1n) is 8.91. The molecule has 7 heteroatoms. The van der Waals surface area contributed by atoms with E-state index in [0.29, 0.717) is 17.9 Å². The van der Waals surface area contributed by atoms with Crippen molar-refractivity contribution in [3.63, 3.8) is 0 Å². The summed E-state index contributed by atoms with van der Waals surface area (Å²) in [6, 6.07) is 6.51. The lowest BCUT2D eigenvalue weighted by Crippen LogP contribution is -2.45. The highest BCUT2D eigenvalue weighted by Gasteiger charge is 2.44. The molecule has 1 aliphatic rings. The molecule has 1 saturated carbocycles. The van der Waals surface area contributed by atoms with Crippen molar-refractivity contribution in [2.24, 2.45) is 0 Å². The van der Waals surface area contributed by atoms with Crippen LogP contribution in [0.4, 0.5) is 4.79 Å². The molecule has 0 bridgehead atoms. The van der Waals surface area contributed by atoms with Crippen LogP contribution in [-0.2, 0) is 19.7 Å². The molecule has 6 nitrogen and oxygen atoms in total. The molecule has 0 saturated heterocycles. The van der Waals surface area contributed by atoms with Gasteiger partial charge in [-0.3, -0.25) is 14.9 Å². The van der Waals surface area contributed by atoms with E-state index in [0.717, 1.165) is 24.8 Å². The number of amides is 3. The summed E-state index contributed by atoms with van der Waals surface area (Å²) in [7, 11) is 0. The van der Waals surface area contributed by atoms with Gasteiger partial charge in [0.25, 0.3) is 5.91 Å². The number of carbonyl (C=O) groups is 3. The Hall–Kier alpha value is -2.08. The predicted molar refractivity (Wildman–Crippen MR) is 99.0 cm³/mol. The minimum Gasteiger partial charge on any atom is -0.455 e. The molecule has 0 unspecified atom stereocenters. The molecular formula is C19H25ClN2O4. The Bertz CT molecular complexity index is 654. The largest absolute Gasteiger partial charge is 0.455 e. The number of urea groups is 1. The molecule has 1 aromatic rings. The number of halogens is 1. The molecule has 0 aromatic heterocycles. The van der Waals surface area contributed by atoms with Crippen molar-refractivity contribution < 1.29 is 19.1 Å². The van der Waals surface area contributed by atoms with Crippen LogP contribution < -0.4 is 10.6 Å². The number of esters is 1. The minimum absolute atomic E-state index is 0.0444. The van der Waals surface area contributed by atoms with Gasteiger partial charge in [-0.25, -0.2) is 4.79 Å². The molecule has 0 spiro atoms. The molecule has 1 aromatic carbocycles. The Morgan fingerprint density at radius 2 is 1.81 bits per heavy atom. The lowest BCUT2D eigenvalue weighted by molar-refractivity contribution is -0.154. The monoisotopic (exact) mass is 380 g/mol. The van der Waals surface area contributed by atoms with Crippen molar-refractivity contribution in [3.05, 3.63) is 34.9 Å². The zero-order valence-corrected chi connectivity index (χ0v) is 15.9. The number of ether oxygens (including phenoxy) is 1. The van der Waals surface area contributed by atoms with Gasteiger partial charge in [-0.2, -0.15) is 0 Å². The highest BCUT2D eigenvalue weighted by Crippen LogP contribution is 2.42. The number of rotatable bonds is 6. The maximum atomic E-state index is 12.7. The first-order chi connectivity index (χ1) is 12.4. The molecule has 0 aliphatic heterocycles. The minimum atomic E-state index is -0.746. The lowest BCUT2D eigenvalue weighted by Gasteiger charge is -2.27. The Morgan fingerprint density at radius 3 is 2.38 bits per heavy atom. The second kappa shape index (κ2) is 9.03. The average molecular weight is 381 g/mol. The number of carbonyl (C=O) groups excluding carboxylic acids is 3. The van der Waals surface area contributed by atoms with Crippen LogP contribution in [0.1, 0.15) is 51.5 Å². The molecular weight excluding hydrogens is 356 g/mol. The van der Waals surface area contributed by atoms with Crippen molar-refractivity contribution >= 4 is 29.5 Å². The Kier molecular flexibility index (Phi) is 7.03.